The lowest BCUT2D eigenvalue weighted by molar-refractivity contribution is -0.140. The van der Waals surface area contributed by atoms with Crippen LogP contribution in [0.2, 0.25) is 0 Å². The summed E-state index contributed by atoms with van der Waals surface area (Å²) in [5.74, 6) is 0.852. The lowest BCUT2D eigenvalue weighted by Crippen LogP contribution is -2.51. The van der Waals surface area contributed by atoms with E-state index in [1.807, 2.05) is 32.7 Å². The Bertz CT molecular complexity index is 632. The summed E-state index contributed by atoms with van der Waals surface area (Å²) in [6.07, 6.45) is 3.67. The van der Waals surface area contributed by atoms with Gasteiger partial charge in [0, 0.05) is 42.3 Å². The number of hydrogen-bond acceptors (Lipinski definition) is 4. The van der Waals surface area contributed by atoms with Gasteiger partial charge in [-0.25, -0.2) is 4.98 Å². The smallest absolute Gasteiger partial charge is 0.227 e. The molecule has 0 spiro atoms. The zero-order chi connectivity index (χ0) is 17.2. The summed E-state index contributed by atoms with van der Waals surface area (Å²) in [6, 6.07) is 4.14. The number of amides is 1. The summed E-state index contributed by atoms with van der Waals surface area (Å²) >= 11 is 3.35. The Balaban J connectivity index is 2.19. The molecular weight excluding hydrogens is 356 g/mol. The normalized spacial score (nSPS) is 18.4. The van der Waals surface area contributed by atoms with Crippen LogP contribution in [0.3, 0.4) is 0 Å². The third-order valence-electron chi connectivity index (χ3n) is 4.16. The third-order valence-corrected chi connectivity index (χ3v) is 4.59. The van der Waals surface area contributed by atoms with Crippen molar-refractivity contribution in [3.63, 3.8) is 0 Å². The van der Waals surface area contributed by atoms with Crippen LogP contribution in [0.15, 0.2) is 16.7 Å². The zero-order valence-corrected chi connectivity index (χ0v) is 15.7. The second-order valence-corrected chi connectivity index (χ2v) is 7.96. The van der Waals surface area contributed by atoms with Gasteiger partial charge in [-0.15, -0.1) is 0 Å². The lowest BCUT2D eigenvalue weighted by Gasteiger charge is -2.40. The van der Waals surface area contributed by atoms with Crippen LogP contribution in [-0.4, -0.2) is 42.0 Å². The van der Waals surface area contributed by atoms with Gasteiger partial charge >= 0.3 is 0 Å². The molecule has 124 valence electrons. The summed E-state index contributed by atoms with van der Waals surface area (Å²) in [7, 11) is 1.88. The molecule has 23 heavy (non-hydrogen) atoms. The molecule has 1 saturated heterocycles. The van der Waals surface area contributed by atoms with Gasteiger partial charge in [0.15, 0.2) is 0 Å². The van der Waals surface area contributed by atoms with Crippen LogP contribution in [0.1, 0.15) is 39.2 Å². The Morgan fingerprint density at radius 1 is 1.52 bits per heavy atom. The number of halogens is 1. The molecule has 0 radical (unpaired) electrons. The van der Waals surface area contributed by atoms with Gasteiger partial charge in [-0.05, 0) is 34.8 Å². The Kier molecular flexibility index (Phi) is 5.30. The van der Waals surface area contributed by atoms with Crippen molar-refractivity contribution < 1.29 is 4.79 Å². The quantitative estimate of drug-likeness (QED) is 0.792. The fourth-order valence-corrected chi connectivity index (χ4v) is 3.26. The highest BCUT2D eigenvalue weighted by Gasteiger charge is 2.32. The van der Waals surface area contributed by atoms with Crippen LogP contribution in [-0.2, 0) is 4.79 Å². The molecule has 0 saturated carbocycles. The number of rotatable bonds is 2. The van der Waals surface area contributed by atoms with Crippen molar-refractivity contribution in [2.75, 3.05) is 25.0 Å². The average Bonchev–Trinajstić information content (AvgIpc) is 2.52. The van der Waals surface area contributed by atoms with Gasteiger partial charge < -0.3 is 9.80 Å². The number of nitrogens with zero attached hydrogens (tertiary/aromatic N) is 4. The van der Waals surface area contributed by atoms with Crippen LogP contribution < -0.4 is 4.90 Å². The van der Waals surface area contributed by atoms with Crippen LogP contribution in [0.25, 0.3) is 0 Å². The molecule has 2 rings (SSSR count). The van der Waals surface area contributed by atoms with Crippen molar-refractivity contribution in [2.24, 2.45) is 5.41 Å². The van der Waals surface area contributed by atoms with Crippen molar-refractivity contribution in [3.8, 4) is 6.07 Å². The summed E-state index contributed by atoms with van der Waals surface area (Å²) < 4.78 is 0.798. The van der Waals surface area contributed by atoms with E-state index in [0.29, 0.717) is 17.9 Å². The number of anilines is 1. The molecule has 1 atom stereocenters. The molecule has 6 heteroatoms. The molecule has 0 bridgehead atoms. The highest BCUT2D eigenvalue weighted by molar-refractivity contribution is 9.10. The molecule has 1 aliphatic rings. The minimum Gasteiger partial charge on any atom is -0.353 e. The highest BCUT2D eigenvalue weighted by atomic mass is 79.9. The van der Waals surface area contributed by atoms with Crippen molar-refractivity contribution in [1.29, 1.82) is 5.26 Å². The first-order chi connectivity index (χ1) is 10.7. The van der Waals surface area contributed by atoms with E-state index in [-0.39, 0.29) is 17.4 Å². The van der Waals surface area contributed by atoms with Crippen molar-refractivity contribution in [1.82, 2.24) is 9.88 Å². The number of hydrogen-bond donors (Lipinski definition) is 0. The van der Waals surface area contributed by atoms with E-state index in [0.717, 1.165) is 23.9 Å². The van der Waals surface area contributed by atoms with E-state index in [1.54, 1.807) is 12.3 Å². The monoisotopic (exact) mass is 378 g/mol. The first-order valence-electron chi connectivity index (χ1n) is 7.82. The minimum atomic E-state index is -0.384. The number of nitriles is 1. The average molecular weight is 379 g/mol. The van der Waals surface area contributed by atoms with E-state index < -0.39 is 0 Å². The molecule has 1 unspecified atom stereocenters. The van der Waals surface area contributed by atoms with Gasteiger partial charge in [0.2, 0.25) is 5.91 Å². The molecule has 5 nitrogen and oxygen atoms in total. The number of likely N-dealkylation sites (N-methyl/N-ethyl adjacent to an activating group) is 1. The largest absolute Gasteiger partial charge is 0.353 e. The first-order valence-corrected chi connectivity index (χ1v) is 8.61. The number of pyridine rings is 1. The van der Waals surface area contributed by atoms with Crippen LogP contribution in [0, 0.1) is 16.7 Å². The Morgan fingerprint density at radius 2 is 2.22 bits per heavy atom. The number of carbonyl (C=O) groups is 1. The van der Waals surface area contributed by atoms with E-state index >= 15 is 0 Å². The number of carbonyl (C=O) groups excluding carboxylic acids is 1. The predicted octanol–water partition coefficient (Wildman–Crippen LogP) is 3.19. The molecule has 1 aromatic rings. The lowest BCUT2D eigenvalue weighted by atomic mass is 9.93. The number of piperidine rings is 1. The maximum Gasteiger partial charge on any atom is 0.227 e. The molecule has 1 aliphatic heterocycles. The van der Waals surface area contributed by atoms with Crippen LogP contribution in [0.4, 0.5) is 5.82 Å². The topological polar surface area (TPSA) is 60.2 Å². The molecule has 1 amide bonds. The van der Waals surface area contributed by atoms with Crippen LogP contribution >= 0.6 is 15.9 Å². The summed E-state index contributed by atoms with van der Waals surface area (Å²) in [6.45, 7) is 7.39. The van der Waals surface area contributed by atoms with E-state index in [4.69, 9.17) is 0 Å². The molecule has 0 N–H and O–H groups in total. The summed E-state index contributed by atoms with van der Waals surface area (Å²) in [5.41, 5.74) is 0.176. The first kappa shape index (κ1) is 17.7. The Morgan fingerprint density at radius 3 is 2.83 bits per heavy atom. The SMILES string of the molecule is CN(C(=O)C(C)(C)C)C1CCCN(c2ncc(Br)cc2C#N)C1. The third kappa shape index (κ3) is 4.03. The van der Waals surface area contributed by atoms with Gasteiger partial charge in [-0.3, -0.25) is 4.79 Å². The molecule has 0 aliphatic carbocycles. The molecule has 1 fully saturated rings. The number of aromatic nitrogens is 1. The highest BCUT2D eigenvalue weighted by Crippen LogP contribution is 2.27. The maximum absolute atomic E-state index is 12.5. The minimum absolute atomic E-state index is 0.146. The Hall–Kier alpha value is -1.61. The van der Waals surface area contributed by atoms with E-state index in [2.05, 4.69) is 31.9 Å². The maximum atomic E-state index is 12.5. The fraction of sp³-hybridized carbons (Fsp3) is 0.588. The van der Waals surface area contributed by atoms with Gasteiger partial charge in [-0.2, -0.15) is 5.26 Å². The van der Waals surface area contributed by atoms with Crippen LogP contribution in [0.5, 0.6) is 0 Å². The van der Waals surface area contributed by atoms with Gasteiger partial charge in [-0.1, -0.05) is 20.8 Å². The summed E-state index contributed by atoms with van der Waals surface area (Å²) in [4.78, 5) is 20.9. The summed E-state index contributed by atoms with van der Waals surface area (Å²) in [5, 5.41) is 9.34. The van der Waals surface area contributed by atoms with Crippen molar-refractivity contribution in [3.05, 3.63) is 22.3 Å². The van der Waals surface area contributed by atoms with Crippen molar-refractivity contribution >= 4 is 27.7 Å². The second-order valence-electron chi connectivity index (χ2n) is 7.04. The second kappa shape index (κ2) is 6.88. The fourth-order valence-electron chi connectivity index (χ4n) is 2.92. The Labute approximate surface area is 146 Å². The molecular formula is C17H23BrN4O. The van der Waals surface area contributed by atoms with Gasteiger partial charge in [0.1, 0.15) is 11.9 Å². The molecule has 1 aromatic heterocycles. The van der Waals surface area contributed by atoms with Crippen molar-refractivity contribution in [2.45, 2.75) is 39.7 Å². The van der Waals surface area contributed by atoms with E-state index in [1.165, 1.54) is 0 Å². The predicted molar refractivity (Wildman–Crippen MR) is 94.1 cm³/mol. The molecule has 2 heterocycles. The standard InChI is InChI=1S/C17H23BrN4O/c1-17(2,3)16(23)21(4)14-6-5-7-22(11-14)15-12(9-19)8-13(18)10-20-15/h8,10,14H,5-7,11H2,1-4H3. The zero-order valence-electron chi connectivity index (χ0n) is 14.1. The van der Waals surface area contributed by atoms with E-state index in [9.17, 15) is 10.1 Å². The molecule has 0 aromatic carbocycles. The van der Waals surface area contributed by atoms with Gasteiger partial charge in [0.05, 0.1) is 5.56 Å². The van der Waals surface area contributed by atoms with Gasteiger partial charge in [0.25, 0.3) is 0 Å².